The first kappa shape index (κ1) is 14.6. The fraction of sp³-hybridized carbons (Fsp3) is 0.133. The van der Waals surface area contributed by atoms with Gasteiger partial charge in [0, 0.05) is 10.2 Å². The SMILES string of the molecule is Nc1cc(Br)ccc1C(=O)NC(CO)c1ccccc1. The lowest BCUT2D eigenvalue weighted by atomic mass is 10.1. The minimum Gasteiger partial charge on any atom is -0.398 e. The van der Waals surface area contributed by atoms with Gasteiger partial charge < -0.3 is 16.2 Å². The van der Waals surface area contributed by atoms with Crippen molar-refractivity contribution in [2.45, 2.75) is 6.04 Å². The Balaban J connectivity index is 2.17. The summed E-state index contributed by atoms with van der Waals surface area (Å²) >= 11 is 3.29. The van der Waals surface area contributed by atoms with E-state index in [4.69, 9.17) is 5.73 Å². The Kier molecular flexibility index (Phi) is 4.76. The molecular formula is C15H15BrN2O2. The number of aliphatic hydroxyl groups is 1. The lowest BCUT2D eigenvalue weighted by Gasteiger charge is -2.17. The smallest absolute Gasteiger partial charge is 0.253 e. The molecule has 1 atom stereocenters. The maximum atomic E-state index is 12.2. The van der Waals surface area contributed by atoms with Gasteiger partial charge in [-0.05, 0) is 23.8 Å². The number of amides is 1. The summed E-state index contributed by atoms with van der Waals surface area (Å²) in [6.45, 7) is -0.174. The molecule has 0 saturated carbocycles. The molecule has 0 aliphatic rings. The number of nitrogen functional groups attached to an aromatic ring is 1. The summed E-state index contributed by atoms with van der Waals surface area (Å²) in [6.07, 6.45) is 0. The van der Waals surface area contributed by atoms with Crippen molar-refractivity contribution in [2.24, 2.45) is 0 Å². The van der Waals surface area contributed by atoms with Gasteiger partial charge in [-0.25, -0.2) is 0 Å². The number of hydrogen-bond acceptors (Lipinski definition) is 3. The third-order valence-corrected chi connectivity index (χ3v) is 3.44. The van der Waals surface area contributed by atoms with Gasteiger partial charge in [0.2, 0.25) is 0 Å². The average molecular weight is 335 g/mol. The number of carbonyl (C=O) groups is 1. The van der Waals surface area contributed by atoms with E-state index in [9.17, 15) is 9.90 Å². The number of hydrogen-bond donors (Lipinski definition) is 3. The molecule has 0 aliphatic carbocycles. The topological polar surface area (TPSA) is 75.4 Å². The van der Waals surface area contributed by atoms with Crippen molar-refractivity contribution in [3.8, 4) is 0 Å². The lowest BCUT2D eigenvalue weighted by Crippen LogP contribution is -2.31. The number of nitrogens with one attached hydrogen (secondary N) is 1. The largest absolute Gasteiger partial charge is 0.398 e. The minimum absolute atomic E-state index is 0.174. The maximum Gasteiger partial charge on any atom is 0.253 e. The van der Waals surface area contributed by atoms with Crippen molar-refractivity contribution in [3.63, 3.8) is 0 Å². The van der Waals surface area contributed by atoms with Gasteiger partial charge in [0.05, 0.1) is 18.2 Å². The van der Waals surface area contributed by atoms with E-state index in [1.54, 1.807) is 18.2 Å². The van der Waals surface area contributed by atoms with Crippen molar-refractivity contribution in [3.05, 3.63) is 64.1 Å². The molecule has 5 heteroatoms. The average Bonchev–Trinajstić information content (AvgIpc) is 2.45. The Morgan fingerprint density at radius 3 is 2.55 bits per heavy atom. The Hall–Kier alpha value is -1.85. The van der Waals surface area contributed by atoms with E-state index in [0.717, 1.165) is 10.0 Å². The van der Waals surface area contributed by atoms with Gasteiger partial charge in [0.1, 0.15) is 0 Å². The first-order valence-electron chi connectivity index (χ1n) is 6.13. The first-order valence-corrected chi connectivity index (χ1v) is 6.93. The van der Waals surface area contributed by atoms with Gasteiger partial charge in [-0.3, -0.25) is 4.79 Å². The number of anilines is 1. The Morgan fingerprint density at radius 1 is 1.25 bits per heavy atom. The van der Waals surface area contributed by atoms with Crippen LogP contribution in [0.3, 0.4) is 0 Å². The molecule has 2 aromatic rings. The molecule has 0 spiro atoms. The van der Waals surface area contributed by atoms with Crippen molar-refractivity contribution in [2.75, 3.05) is 12.3 Å². The maximum absolute atomic E-state index is 12.2. The highest BCUT2D eigenvalue weighted by atomic mass is 79.9. The summed E-state index contributed by atoms with van der Waals surface area (Å²) in [5.41, 5.74) is 7.45. The van der Waals surface area contributed by atoms with Crippen molar-refractivity contribution >= 4 is 27.5 Å². The van der Waals surface area contributed by atoms with Crippen LogP contribution in [0.5, 0.6) is 0 Å². The highest BCUT2D eigenvalue weighted by molar-refractivity contribution is 9.10. The summed E-state index contributed by atoms with van der Waals surface area (Å²) in [4.78, 5) is 12.2. The molecule has 0 aromatic heterocycles. The predicted molar refractivity (Wildman–Crippen MR) is 82.3 cm³/mol. The quantitative estimate of drug-likeness (QED) is 0.752. The number of benzene rings is 2. The van der Waals surface area contributed by atoms with Crippen LogP contribution >= 0.6 is 15.9 Å². The van der Waals surface area contributed by atoms with Gasteiger partial charge in [-0.2, -0.15) is 0 Å². The molecule has 2 rings (SSSR count). The second-order valence-electron chi connectivity index (χ2n) is 4.35. The Morgan fingerprint density at radius 2 is 1.95 bits per heavy atom. The van der Waals surface area contributed by atoms with Gasteiger partial charge >= 0.3 is 0 Å². The Bertz CT molecular complexity index is 602. The number of carbonyl (C=O) groups excluding carboxylic acids is 1. The van der Waals surface area contributed by atoms with Gasteiger partial charge in [-0.15, -0.1) is 0 Å². The second kappa shape index (κ2) is 6.54. The molecule has 0 saturated heterocycles. The summed E-state index contributed by atoms with van der Waals surface area (Å²) in [5.74, 6) is -0.307. The van der Waals surface area contributed by atoms with Crippen LogP contribution in [0.25, 0.3) is 0 Å². The van der Waals surface area contributed by atoms with Crippen LogP contribution in [0.15, 0.2) is 53.0 Å². The van der Waals surface area contributed by atoms with E-state index < -0.39 is 6.04 Å². The van der Waals surface area contributed by atoms with Gasteiger partial charge in [0.15, 0.2) is 0 Å². The van der Waals surface area contributed by atoms with Crippen LogP contribution in [-0.4, -0.2) is 17.6 Å². The van der Waals surface area contributed by atoms with Crippen LogP contribution in [-0.2, 0) is 0 Å². The highest BCUT2D eigenvalue weighted by Crippen LogP contribution is 2.20. The predicted octanol–water partition coefficient (Wildman–Crippen LogP) is 2.49. The molecule has 1 amide bonds. The van der Waals surface area contributed by atoms with E-state index in [1.807, 2.05) is 30.3 Å². The second-order valence-corrected chi connectivity index (χ2v) is 5.27. The zero-order valence-electron chi connectivity index (χ0n) is 10.7. The normalized spacial score (nSPS) is 11.9. The summed E-state index contributed by atoms with van der Waals surface area (Å²) in [5, 5.41) is 12.2. The van der Waals surface area contributed by atoms with Crippen LogP contribution in [0.2, 0.25) is 0 Å². The van der Waals surface area contributed by atoms with Gasteiger partial charge in [0.25, 0.3) is 5.91 Å². The van der Waals surface area contributed by atoms with Gasteiger partial charge in [-0.1, -0.05) is 46.3 Å². The van der Waals surface area contributed by atoms with Crippen molar-refractivity contribution < 1.29 is 9.90 Å². The molecule has 4 N–H and O–H groups in total. The summed E-state index contributed by atoms with van der Waals surface area (Å²) in [7, 11) is 0. The van der Waals surface area contributed by atoms with Crippen LogP contribution in [0.4, 0.5) is 5.69 Å². The molecule has 4 nitrogen and oxygen atoms in total. The van der Waals surface area contributed by atoms with Crippen LogP contribution < -0.4 is 11.1 Å². The fourth-order valence-electron chi connectivity index (χ4n) is 1.90. The lowest BCUT2D eigenvalue weighted by molar-refractivity contribution is 0.0917. The van der Waals surface area contributed by atoms with E-state index in [-0.39, 0.29) is 12.5 Å². The summed E-state index contributed by atoms with van der Waals surface area (Å²) < 4.78 is 0.813. The highest BCUT2D eigenvalue weighted by Gasteiger charge is 2.16. The Labute approximate surface area is 125 Å². The molecule has 0 radical (unpaired) electrons. The molecule has 0 aliphatic heterocycles. The van der Waals surface area contributed by atoms with E-state index in [1.165, 1.54) is 0 Å². The number of nitrogens with two attached hydrogens (primary N) is 1. The number of halogens is 1. The molecule has 0 bridgehead atoms. The van der Waals surface area contributed by atoms with Crippen LogP contribution in [0.1, 0.15) is 22.0 Å². The molecule has 0 heterocycles. The monoisotopic (exact) mass is 334 g/mol. The number of aliphatic hydroxyl groups excluding tert-OH is 1. The standard InChI is InChI=1S/C15H15BrN2O2/c16-11-6-7-12(13(17)8-11)15(20)18-14(9-19)10-4-2-1-3-5-10/h1-8,14,19H,9,17H2,(H,18,20). The molecule has 20 heavy (non-hydrogen) atoms. The molecule has 104 valence electrons. The summed E-state index contributed by atoms with van der Waals surface area (Å²) in [6, 6.07) is 13.9. The van der Waals surface area contributed by atoms with E-state index >= 15 is 0 Å². The van der Waals surface area contributed by atoms with Crippen LogP contribution in [0, 0.1) is 0 Å². The molecule has 2 aromatic carbocycles. The first-order chi connectivity index (χ1) is 9.61. The molecular weight excluding hydrogens is 320 g/mol. The van der Waals surface area contributed by atoms with Crippen molar-refractivity contribution in [1.29, 1.82) is 0 Å². The molecule has 1 unspecified atom stereocenters. The van der Waals surface area contributed by atoms with E-state index in [0.29, 0.717) is 11.3 Å². The third kappa shape index (κ3) is 3.37. The zero-order chi connectivity index (χ0) is 14.5. The third-order valence-electron chi connectivity index (χ3n) is 2.95. The van der Waals surface area contributed by atoms with E-state index in [2.05, 4.69) is 21.2 Å². The number of rotatable bonds is 4. The van der Waals surface area contributed by atoms with Crippen molar-refractivity contribution in [1.82, 2.24) is 5.32 Å². The minimum atomic E-state index is -0.452. The zero-order valence-corrected chi connectivity index (χ0v) is 12.3. The fourth-order valence-corrected chi connectivity index (χ4v) is 2.27. The molecule has 0 fully saturated rings.